The molecule has 0 saturated carbocycles. The van der Waals surface area contributed by atoms with Gasteiger partial charge in [-0.1, -0.05) is 0 Å². The average Bonchev–Trinajstić information content (AvgIpc) is 2.47. The van der Waals surface area contributed by atoms with Crippen LogP contribution in [0.1, 0.15) is 12.8 Å². The van der Waals surface area contributed by atoms with Gasteiger partial charge in [-0.15, -0.1) is 0 Å². The second kappa shape index (κ2) is 5.17. The first-order chi connectivity index (χ1) is 9.25. The molecule has 1 aromatic rings. The Hall–Kier alpha value is -1.62. The van der Waals surface area contributed by atoms with Crippen LogP contribution in [0.4, 0.5) is 11.4 Å². The van der Waals surface area contributed by atoms with Crippen LogP contribution in [0.2, 0.25) is 0 Å². The lowest BCUT2D eigenvalue weighted by molar-refractivity contribution is 0.0855. The van der Waals surface area contributed by atoms with Crippen LogP contribution in [0, 0.1) is 0 Å². The molecule has 0 spiro atoms. The zero-order chi connectivity index (χ0) is 13.2. The van der Waals surface area contributed by atoms with E-state index in [1.807, 2.05) is 12.1 Å². The monoisotopic (exact) mass is 264 g/mol. The van der Waals surface area contributed by atoms with Crippen LogP contribution in [0.5, 0.6) is 11.5 Å². The highest BCUT2D eigenvalue weighted by molar-refractivity contribution is 5.73. The summed E-state index contributed by atoms with van der Waals surface area (Å²) in [5.74, 6) is 1.53. The predicted octanol–water partition coefficient (Wildman–Crippen LogP) is 1.66. The molecule has 2 N–H and O–H groups in total. The Morgan fingerprint density at radius 1 is 1.05 bits per heavy atom. The summed E-state index contributed by atoms with van der Waals surface area (Å²) in [5, 5.41) is 0. The van der Waals surface area contributed by atoms with Crippen molar-refractivity contribution in [3.05, 3.63) is 12.1 Å². The predicted molar refractivity (Wildman–Crippen MR) is 74.1 cm³/mol. The van der Waals surface area contributed by atoms with Gasteiger partial charge in [0.05, 0.1) is 11.4 Å². The molecule has 2 aliphatic rings. The Morgan fingerprint density at radius 3 is 2.37 bits per heavy atom. The Labute approximate surface area is 113 Å². The van der Waals surface area contributed by atoms with E-state index >= 15 is 0 Å². The highest BCUT2D eigenvalue weighted by atomic mass is 16.6. The molecule has 3 rings (SSSR count). The topological polar surface area (TPSA) is 57.0 Å². The first-order valence-corrected chi connectivity index (χ1v) is 6.75. The van der Waals surface area contributed by atoms with Gasteiger partial charge in [0.25, 0.3) is 0 Å². The number of hydrogen-bond acceptors (Lipinski definition) is 5. The van der Waals surface area contributed by atoms with E-state index in [2.05, 4.69) is 11.9 Å². The summed E-state index contributed by atoms with van der Waals surface area (Å²) in [5.41, 5.74) is 7.89. The van der Waals surface area contributed by atoms with E-state index < -0.39 is 0 Å². The van der Waals surface area contributed by atoms with Gasteiger partial charge in [-0.25, -0.2) is 0 Å². The summed E-state index contributed by atoms with van der Waals surface area (Å²) in [4.78, 5) is 2.23. The van der Waals surface area contributed by atoms with Gasteiger partial charge in [-0.05, 0) is 12.8 Å². The Bertz CT molecular complexity index is 458. The largest absolute Gasteiger partial charge is 0.486 e. The summed E-state index contributed by atoms with van der Waals surface area (Å²) in [6.45, 7) is 2.82. The van der Waals surface area contributed by atoms with Crippen molar-refractivity contribution in [1.29, 1.82) is 0 Å². The Balaban J connectivity index is 1.86. The van der Waals surface area contributed by atoms with Gasteiger partial charge in [-0.3, -0.25) is 0 Å². The van der Waals surface area contributed by atoms with Crippen LogP contribution in [0.25, 0.3) is 0 Å². The molecule has 1 fully saturated rings. The van der Waals surface area contributed by atoms with Crippen molar-refractivity contribution in [3.63, 3.8) is 0 Å². The fourth-order valence-electron chi connectivity index (χ4n) is 2.67. The zero-order valence-electron chi connectivity index (χ0n) is 11.2. The minimum Gasteiger partial charge on any atom is -0.486 e. The number of nitrogens with zero attached hydrogens (tertiary/aromatic N) is 1. The summed E-state index contributed by atoms with van der Waals surface area (Å²) in [7, 11) is 2.08. The maximum atomic E-state index is 6.14. The summed E-state index contributed by atoms with van der Waals surface area (Å²) in [6.07, 6.45) is 2.06. The van der Waals surface area contributed by atoms with E-state index in [1.165, 1.54) is 0 Å². The molecule has 1 aromatic carbocycles. The first-order valence-electron chi connectivity index (χ1n) is 6.75. The van der Waals surface area contributed by atoms with Crippen LogP contribution in [-0.4, -0.2) is 39.5 Å². The normalized spacial score (nSPS) is 19.2. The fraction of sp³-hybridized carbons (Fsp3) is 0.571. The van der Waals surface area contributed by atoms with E-state index in [0.29, 0.717) is 19.3 Å². The summed E-state index contributed by atoms with van der Waals surface area (Å²) in [6, 6.07) is 4.32. The molecule has 0 atom stereocenters. The lowest BCUT2D eigenvalue weighted by atomic mass is 10.1. The maximum Gasteiger partial charge on any atom is 0.163 e. The van der Waals surface area contributed by atoms with Gasteiger partial charge in [0.15, 0.2) is 11.5 Å². The third kappa shape index (κ3) is 2.42. The number of fused-ring (bicyclic) bond motifs is 1. The quantitative estimate of drug-likeness (QED) is 0.823. The zero-order valence-corrected chi connectivity index (χ0v) is 11.2. The standard InChI is InChI=1S/C14H20N2O3/c1-16(10-2-4-17-5-3-10)12-9-14-13(8-11(12)15)18-6-7-19-14/h8-10H,2-7,15H2,1H3. The molecule has 5 heteroatoms. The maximum absolute atomic E-state index is 6.14. The number of nitrogen functional groups attached to an aromatic ring is 1. The lowest BCUT2D eigenvalue weighted by Gasteiger charge is -2.34. The molecule has 1 saturated heterocycles. The van der Waals surface area contributed by atoms with Crippen molar-refractivity contribution in [3.8, 4) is 11.5 Å². The highest BCUT2D eigenvalue weighted by Crippen LogP contribution is 2.39. The molecule has 0 aliphatic carbocycles. The minimum absolute atomic E-state index is 0.471. The second-order valence-corrected chi connectivity index (χ2v) is 5.01. The van der Waals surface area contributed by atoms with Crippen molar-refractivity contribution in [2.45, 2.75) is 18.9 Å². The summed E-state index contributed by atoms with van der Waals surface area (Å²) >= 11 is 0. The second-order valence-electron chi connectivity index (χ2n) is 5.01. The molecule has 0 radical (unpaired) electrons. The number of hydrogen-bond donors (Lipinski definition) is 1. The molecule has 0 aromatic heterocycles. The number of anilines is 2. The number of nitrogens with two attached hydrogens (primary N) is 1. The van der Waals surface area contributed by atoms with Gasteiger partial charge in [0.1, 0.15) is 13.2 Å². The number of rotatable bonds is 2. The molecule has 0 bridgehead atoms. The highest BCUT2D eigenvalue weighted by Gasteiger charge is 2.22. The summed E-state index contributed by atoms with van der Waals surface area (Å²) < 4.78 is 16.6. The third-order valence-corrected chi connectivity index (χ3v) is 3.81. The Morgan fingerprint density at radius 2 is 1.68 bits per heavy atom. The van der Waals surface area contributed by atoms with E-state index in [0.717, 1.165) is 48.9 Å². The SMILES string of the molecule is CN(c1cc2c(cc1N)OCCO2)C1CCOCC1. The molecule has 0 amide bonds. The van der Waals surface area contributed by atoms with Gasteiger partial charge in [0.2, 0.25) is 0 Å². The molecule has 2 aliphatic heterocycles. The van der Waals surface area contributed by atoms with E-state index in [9.17, 15) is 0 Å². The fourth-order valence-corrected chi connectivity index (χ4v) is 2.67. The van der Waals surface area contributed by atoms with Gasteiger partial charge < -0.3 is 24.8 Å². The lowest BCUT2D eigenvalue weighted by Crippen LogP contribution is -2.37. The number of ether oxygens (including phenoxy) is 3. The molecular formula is C14H20N2O3. The van der Waals surface area contributed by atoms with E-state index in [4.69, 9.17) is 19.9 Å². The van der Waals surface area contributed by atoms with Crippen molar-refractivity contribution in [2.24, 2.45) is 0 Å². The van der Waals surface area contributed by atoms with Crippen LogP contribution in [-0.2, 0) is 4.74 Å². The van der Waals surface area contributed by atoms with Crippen LogP contribution in [0.15, 0.2) is 12.1 Å². The molecule has 19 heavy (non-hydrogen) atoms. The average molecular weight is 264 g/mol. The minimum atomic E-state index is 0.471. The van der Waals surface area contributed by atoms with Gasteiger partial charge >= 0.3 is 0 Å². The van der Waals surface area contributed by atoms with Crippen molar-refractivity contribution < 1.29 is 14.2 Å². The van der Waals surface area contributed by atoms with Gasteiger partial charge in [-0.2, -0.15) is 0 Å². The van der Waals surface area contributed by atoms with Gasteiger partial charge in [0, 0.05) is 38.4 Å². The molecule has 5 nitrogen and oxygen atoms in total. The molecule has 104 valence electrons. The van der Waals surface area contributed by atoms with Crippen molar-refractivity contribution >= 4 is 11.4 Å². The third-order valence-electron chi connectivity index (χ3n) is 3.81. The number of benzene rings is 1. The van der Waals surface area contributed by atoms with Crippen molar-refractivity contribution in [2.75, 3.05) is 44.1 Å². The van der Waals surface area contributed by atoms with E-state index in [-0.39, 0.29) is 0 Å². The van der Waals surface area contributed by atoms with Crippen LogP contribution < -0.4 is 20.1 Å². The molecular weight excluding hydrogens is 244 g/mol. The van der Waals surface area contributed by atoms with E-state index in [1.54, 1.807) is 0 Å². The molecule has 0 unspecified atom stereocenters. The first kappa shape index (κ1) is 12.4. The van der Waals surface area contributed by atoms with Crippen molar-refractivity contribution in [1.82, 2.24) is 0 Å². The Kier molecular flexibility index (Phi) is 3.38. The van der Waals surface area contributed by atoms with Crippen LogP contribution >= 0.6 is 0 Å². The smallest absolute Gasteiger partial charge is 0.163 e. The van der Waals surface area contributed by atoms with Crippen LogP contribution in [0.3, 0.4) is 0 Å². The molecule has 2 heterocycles.